The number of methoxy groups -OCH3 is 2. The Balaban J connectivity index is 2.25. The molecule has 0 aliphatic rings. The number of esters is 2. The van der Waals surface area contributed by atoms with Gasteiger partial charge in [0.25, 0.3) is 0 Å². The first-order valence-electron chi connectivity index (χ1n) is 6.99. The fourth-order valence-electron chi connectivity index (χ4n) is 1.93. The first-order valence-corrected chi connectivity index (χ1v) is 7.79. The summed E-state index contributed by atoms with van der Waals surface area (Å²) in [7, 11) is 2.45. The fraction of sp³-hybridized carbons (Fsp3) is 0.118. The van der Waals surface area contributed by atoms with Crippen LogP contribution in [0.4, 0.5) is 5.69 Å². The SMILES string of the molecule is COC(=O)c1ccc(C(=O)OC)c(NC(=O)/C=C/c2ccc(Br)o2)c1. The number of ether oxygens (including phenoxy) is 2. The second-order valence-corrected chi connectivity index (χ2v) is 5.49. The van der Waals surface area contributed by atoms with E-state index in [4.69, 9.17) is 4.42 Å². The Bertz CT molecular complexity index is 839. The van der Waals surface area contributed by atoms with Crippen LogP contribution in [0.1, 0.15) is 26.5 Å². The Morgan fingerprint density at radius 1 is 1.08 bits per heavy atom. The van der Waals surface area contributed by atoms with Gasteiger partial charge >= 0.3 is 11.9 Å². The number of hydrogen-bond acceptors (Lipinski definition) is 6. The van der Waals surface area contributed by atoms with E-state index in [-0.39, 0.29) is 16.8 Å². The van der Waals surface area contributed by atoms with Gasteiger partial charge in [-0.1, -0.05) is 0 Å². The zero-order valence-electron chi connectivity index (χ0n) is 13.4. The van der Waals surface area contributed by atoms with Gasteiger partial charge in [0.1, 0.15) is 5.76 Å². The summed E-state index contributed by atoms with van der Waals surface area (Å²) in [6.45, 7) is 0. The fourth-order valence-corrected chi connectivity index (χ4v) is 2.25. The zero-order valence-corrected chi connectivity index (χ0v) is 15.0. The predicted octanol–water partition coefficient (Wildman–Crippen LogP) is 3.27. The lowest BCUT2D eigenvalue weighted by Crippen LogP contribution is -2.14. The summed E-state index contributed by atoms with van der Waals surface area (Å²) in [5.41, 5.74) is 0.423. The molecule has 8 heteroatoms. The van der Waals surface area contributed by atoms with E-state index in [2.05, 4.69) is 30.7 Å². The van der Waals surface area contributed by atoms with Crippen LogP contribution in [0.25, 0.3) is 6.08 Å². The molecule has 1 heterocycles. The summed E-state index contributed by atoms with van der Waals surface area (Å²) in [6.07, 6.45) is 2.69. The van der Waals surface area contributed by atoms with Gasteiger partial charge in [-0.05, 0) is 52.3 Å². The second-order valence-electron chi connectivity index (χ2n) is 4.71. The van der Waals surface area contributed by atoms with Gasteiger partial charge in [0.05, 0.1) is 31.0 Å². The van der Waals surface area contributed by atoms with Crippen molar-refractivity contribution in [3.8, 4) is 0 Å². The lowest BCUT2D eigenvalue weighted by molar-refractivity contribution is -0.111. The molecule has 0 atom stereocenters. The normalized spacial score (nSPS) is 10.5. The van der Waals surface area contributed by atoms with Crippen molar-refractivity contribution in [3.63, 3.8) is 0 Å². The maximum absolute atomic E-state index is 12.1. The van der Waals surface area contributed by atoms with Crippen LogP contribution in [-0.4, -0.2) is 32.1 Å². The van der Waals surface area contributed by atoms with Gasteiger partial charge in [-0.25, -0.2) is 9.59 Å². The molecule has 0 saturated carbocycles. The van der Waals surface area contributed by atoms with E-state index < -0.39 is 17.8 Å². The summed E-state index contributed by atoms with van der Waals surface area (Å²) in [4.78, 5) is 35.5. The topological polar surface area (TPSA) is 94.8 Å². The Labute approximate surface area is 151 Å². The molecule has 1 amide bonds. The summed E-state index contributed by atoms with van der Waals surface area (Å²) < 4.78 is 15.1. The largest absolute Gasteiger partial charge is 0.465 e. The maximum Gasteiger partial charge on any atom is 0.339 e. The molecule has 0 radical (unpaired) electrons. The monoisotopic (exact) mass is 407 g/mol. The third-order valence-corrected chi connectivity index (χ3v) is 3.52. The molecule has 2 aromatic rings. The second kappa shape index (κ2) is 8.29. The summed E-state index contributed by atoms with van der Waals surface area (Å²) >= 11 is 3.16. The Hall–Kier alpha value is -2.87. The van der Waals surface area contributed by atoms with Crippen molar-refractivity contribution in [1.82, 2.24) is 0 Å². The van der Waals surface area contributed by atoms with E-state index in [1.54, 1.807) is 12.1 Å². The zero-order chi connectivity index (χ0) is 18.4. The Morgan fingerprint density at radius 2 is 1.80 bits per heavy atom. The molecule has 0 aliphatic heterocycles. The Morgan fingerprint density at radius 3 is 2.40 bits per heavy atom. The summed E-state index contributed by atoms with van der Waals surface area (Å²) in [5, 5.41) is 2.53. The van der Waals surface area contributed by atoms with Crippen molar-refractivity contribution in [2.75, 3.05) is 19.5 Å². The number of anilines is 1. The number of halogens is 1. The van der Waals surface area contributed by atoms with Crippen molar-refractivity contribution in [3.05, 3.63) is 58.0 Å². The number of carbonyl (C=O) groups is 3. The smallest absolute Gasteiger partial charge is 0.339 e. The number of hydrogen-bond donors (Lipinski definition) is 1. The molecule has 0 spiro atoms. The molecule has 7 nitrogen and oxygen atoms in total. The number of benzene rings is 1. The minimum atomic E-state index is -0.648. The molecular weight excluding hydrogens is 394 g/mol. The third-order valence-electron chi connectivity index (χ3n) is 3.10. The predicted molar refractivity (Wildman–Crippen MR) is 93.2 cm³/mol. The van der Waals surface area contributed by atoms with E-state index in [1.807, 2.05) is 0 Å². The highest BCUT2D eigenvalue weighted by Crippen LogP contribution is 2.20. The highest BCUT2D eigenvalue weighted by atomic mass is 79.9. The van der Waals surface area contributed by atoms with Crippen LogP contribution in [0.15, 0.2) is 45.5 Å². The van der Waals surface area contributed by atoms with Crippen molar-refractivity contribution < 1.29 is 28.3 Å². The highest BCUT2D eigenvalue weighted by Gasteiger charge is 2.16. The molecule has 0 fully saturated rings. The summed E-state index contributed by atoms with van der Waals surface area (Å²) in [5.74, 6) is -1.29. The van der Waals surface area contributed by atoms with Gasteiger partial charge in [-0.3, -0.25) is 4.79 Å². The minimum Gasteiger partial charge on any atom is -0.465 e. The van der Waals surface area contributed by atoms with Gasteiger partial charge < -0.3 is 19.2 Å². The van der Waals surface area contributed by atoms with E-state index in [1.165, 1.54) is 44.6 Å². The quantitative estimate of drug-likeness (QED) is 0.603. The Kier molecular flexibility index (Phi) is 6.13. The number of amides is 1. The molecule has 0 aliphatic carbocycles. The van der Waals surface area contributed by atoms with Crippen LogP contribution in [0.5, 0.6) is 0 Å². The number of rotatable bonds is 5. The molecule has 130 valence electrons. The molecule has 25 heavy (non-hydrogen) atoms. The molecule has 0 bridgehead atoms. The minimum absolute atomic E-state index is 0.109. The van der Waals surface area contributed by atoms with Crippen LogP contribution >= 0.6 is 15.9 Å². The molecule has 0 saturated heterocycles. The van der Waals surface area contributed by atoms with Crippen LogP contribution in [-0.2, 0) is 14.3 Å². The van der Waals surface area contributed by atoms with Crippen molar-refractivity contribution in [1.29, 1.82) is 0 Å². The van der Waals surface area contributed by atoms with E-state index >= 15 is 0 Å². The van der Waals surface area contributed by atoms with Crippen LogP contribution in [0.2, 0.25) is 0 Å². The summed E-state index contributed by atoms with van der Waals surface area (Å²) in [6, 6.07) is 7.48. The van der Waals surface area contributed by atoms with Gasteiger partial charge in [-0.2, -0.15) is 0 Å². The van der Waals surface area contributed by atoms with Gasteiger partial charge in [-0.15, -0.1) is 0 Å². The van der Waals surface area contributed by atoms with E-state index in [0.29, 0.717) is 10.4 Å². The number of furan rings is 1. The maximum atomic E-state index is 12.1. The number of carbonyl (C=O) groups excluding carboxylic acids is 3. The number of nitrogens with one attached hydrogen (secondary N) is 1. The van der Waals surface area contributed by atoms with Crippen molar-refractivity contribution >= 4 is 45.5 Å². The molecule has 1 aromatic heterocycles. The van der Waals surface area contributed by atoms with E-state index in [9.17, 15) is 14.4 Å². The average molecular weight is 408 g/mol. The highest BCUT2D eigenvalue weighted by molar-refractivity contribution is 9.10. The van der Waals surface area contributed by atoms with Gasteiger partial charge in [0, 0.05) is 6.08 Å². The molecule has 0 unspecified atom stereocenters. The lowest BCUT2D eigenvalue weighted by Gasteiger charge is -2.10. The third kappa shape index (κ3) is 4.80. The van der Waals surface area contributed by atoms with Gasteiger partial charge in [0.2, 0.25) is 5.91 Å². The average Bonchev–Trinajstić information content (AvgIpc) is 3.04. The van der Waals surface area contributed by atoms with Gasteiger partial charge in [0.15, 0.2) is 4.67 Å². The standard InChI is InChI=1S/C17H14BrNO6/c1-23-16(21)10-3-6-12(17(22)24-2)13(9-10)19-15(20)8-5-11-4-7-14(18)25-11/h3-9H,1-2H3,(H,19,20)/b8-5+. The molecule has 2 rings (SSSR count). The van der Waals surface area contributed by atoms with Crippen LogP contribution in [0.3, 0.4) is 0 Å². The molecular formula is C17H14BrNO6. The molecule has 1 aromatic carbocycles. The lowest BCUT2D eigenvalue weighted by atomic mass is 10.1. The first-order chi connectivity index (χ1) is 11.9. The van der Waals surface area contributed by atoms with Crippen LogP contribution in [0, 0.1) is 0 Å². The van der Waals surface area contributed by atoms with Crippen LogP contribution < -0.4 is 5.32 Å². The van der Waals surface area contributed by atoms with Crippen molar-refractivity contribution in [2.24, 2.45) is 0 Å². The van der Waals surface area contributed by atoms with Crippen molar-refractivity contribution in [2.45, 2.75) is 0 Å². The van der Waals surface area contributed by atoms with E-state index in [0.717, 1.165) is 0 Å². The first kappa shape index (κ1) is 18.5. The molecule has 1 N–H and O–H groups in total.